The van der Waals surface area contributed by atoms with Crippen LogP contribution in [-0.2, 0) is 22.6 Å². The van der Waals surface area contributed by atoms with Crippen molar-refractivity contribution in [2.45, 2.75) is 38.9 Å². The summed E-state index contributed by atoms with van der Waals surface area (Å²) < 4.78 is 1.80. The fourth-order valence-electron chi connectivity index (χ4n) is 3.13. The average Bonchev–Trinajstić information content (AvgIpc) is 3.10. The Kier molecular flexibility index (Phi) is 7.83. The lowest BCUT2D eigenvalue weighted by molar-refractivity contribution is -0.116. The van der Waals surface area contributed by atoms with Crippen molar-refractivity contribution in [3.8, 4) is 0 Å². The molecule has 0 atom stereocenters. The fraction of sp³-hybridized carbons (Fsp3) is 0.250. The number of aromatic nitrogens is 3. The van der Waals surface area contributed by atoms with Crippen LogP contribution in [0.1, 0.15) is 22.5 Å². The third kappa shape index (κ3) is 6.31. The Labute approximate surface area is 192 Å². The molecule has 7 nitrogen and oxygen atoms in total. The van der Waals surface area contributed by atoms with Crippen LogP contribution < -0.4 is 10.6 Å². The molecule has 1 aromatic heterocycles. The molecule has 3 rings (SSSR count). The Hall–Kier alpha value is -3.39. The number of aryl methyl sites for hydroxylation is 3. The predicted molar refractivity (Wildman–Crippen MR) is 129 cm³/mol. The number of hydrogen-bond donors (Lipinski definition) is 2. The zero-order valence-corrected chi connectivity index (χ0v) is 19.3. The van der Waals surface area contributed by atoms with Crippen molar-refractivity contribution in [1.29, 1.82) is 0 Å². The maximum atomic E-state index is 12.5. The van der Waals surface area contributed by atoms with Gasteiger partial charge in [0.25, 0.3) is 0 Å². The van der Waals surface area contributed by atoms with Gasteiger partial charge in [-0.25, -0.2) is 0 Å². The maximum absolute atomic E-state index is 12.5. The normalized spacial score (nSPS) is 10.6. The van der Waals surface area contributed by atoms with Crippen LogP contribution in [0, 0.1) is 20.8 Å². The van der Waals surface area contributed by atoms with Gasteiger partial charge in [-0.2, -0.15) is 0 Å². The highest BCUT2D eigenvalue weighted by atomic mass is 32.2. The second kappa shape index (κ2) is 10.8. The summed E-state index contributed by atoms with van der Waals surface area (Å²) in [5.74, 6) is 0.388. The van der Waals surface area contributed by atoms with E-state index in [9.17, 15) is 9.59 Å². The minimum absolute atomic E-state index is 0.0734. The van der Waals surface area contributed by atoms with Crippen LogP contribution in [-0.4, -0.2) is 32.3 Å². The fourth-order valence-corrected chi connectivity index (χ4v) is 3.89. The number of nitrogens with one attached hydrogen (secondary N) is 2. The zero-order chi connectivity index (χ0) is 23.1. The number of carbonyl (C=O) groups is 2. The Morgan fingerprint density at radius 3 is 2.56 bits per heavy atom. The van der Waals surface area contributed by atoms with E-state index in [0.29, 0.717) is 17.5 Å². The summed E-state index contributed by atoms with van der Waals surface area (Å²) in [4.78, 5) is 25.0. The van der Waals surface area contributed by atoms with Crippen LogP contribution >= 0.6 is 11.8 Å². The molecule has 0 aliphatic carbocycles. The smallest absolute Gasteiger partial charge is 0.234 e. The molecule has 2 aromatic carbocycles. The van der Waals surface area contributed by atoms with Gasteiger partial charge in [0.05, 0.1) is 12.2 Å². The number of nitrogens with zero attached hydrogens (tertiary/aromatic N) is 3. The highest BCUT2D eigenvalue weighted by Gasteiger charge is 2.17. The first-order valence-corrected chi connectivity index (χ1v) is 11.2. The molecule has 0 spiro atoms. The van der Waals surface area contributed by atoms with Crippen LogP contribution in [0.3, 0.4) is 0 Å². The summed E-state index contributed by atoms with van der Waals surface area (Å²) >= 11 is 1.28. The number of rotatable bonds is 9. The number of hydrogen-bond acceptors (Lipinski definition) is 5. The second-order valence-corrected chi connectivity index (χ2v) is 8.49. The zero-order valence-electron chi connectivity index (χ0n) is 18.5. The summed E-state index contributed by atoms with van der Waals surface area (Å²) in [6.45, 7) is 10.1. The molecule has 1 heterocycles. The maximum Gasteiger partial charge on any atom is 0.234 e. The monoisotopic (exact) mass is 449 g/mol. The molecule has 32 heavy (non-hydrogen) atoms. The number of amides is 2. The van der Waals surface area contributed by atoms with Gasteiger partial charge < -0.3 is 15.2 Å². The molecule has 3 aromatic rings. The van der Waals surface area contributed by atoms with Gasteiger partial charge in [0.2, 0.25) is 11.8 Å². The first kappa shape index (κ1) is 23.3. The summed E-state index contributed by atoms with van der Waals surface area (Å²) in [5.41, 5.74) is 4.69. The number of anilines is 2. The molecule has 0 radical (unpaired) electrons. The molecule has 0 aliphatic heterocycles. The van der Waals surface area contributed by atoms with Crippen molar-refractivity contribution in [2.24, 2.45) is 0 Å². The van der Waals surface area contributed by atoms with Crippen LogP contribution in [0.4, 0.5) is 11.4 Å². The average molecular weight is 450 g/mol. The number of allylic oxidation sites excluding steroid dienone is 1. The van der Waals surface area contributed by atoms with Crippen LogP contribution in [0.5, 0.6) is 0 Å². The van der Waals surface area contributed by atoms with Gasteiger partial charge >= 0.3 is 0 Å². The molecule has 2 N–H and O–H groups in total. The molecule has 166 valence electrons. The van der Waals surface area contributed by atoms with Gasteiger partial charge in [0, 0.05) is 17.9 Å². The minimum atomic E-state index is -0.183. The van der Waals surface area contributed by atoms with Gasteiger partial charge in [0.15, 0.2) is 5.16 Å². The third-order valence-electron chi connectivity index (χ3n) is 4.73. The van der Waals surface area contributed by atoms with E-state index in [-0.39, 0.29) is 24.0 Å². The first-order valence-electron chi connectivity index (χ1n) is 10.2. The molecule has 0 saturated carbocycles. The Balaban J connectivity index is 1.63. The van der Waals surface area contributed by atoms with Gasteiger partial charge in [0.1, 0.15) is 5.82 Å². The van der Waals surface area contributed by atoms with Crippen molar-refractivity contribution in [3.05, 3.63) is 77.6 Å². The van der Waals surface area contributed by atoms with Gasteiger partial charge in [-0.05, 0) is 55.7 Å². The van der Waals surface area contributed by atoms with E-state index in [4.69, 9.17) is 0 Å². The lowest BCUT2D eigenvalue weighted by atomic mass is 10.1. The van der Waals surface area contributed by atoms with Crippen molar-refractivity contribution in [2.75, 3.05) is 16.4 Å². The standard InChI is InChI=1S/C24H27N5O2S/c1-5-11-29-21(14-22(30)25-19-8-6-7-16(2)12-19)27-28-24(29)32-15-23(31)26-20-13-17(3)9-10-18(20)4/h5-10,12-13H,1,11,14-15H2,2-4H3,(H,25,30)(H,26,31). The Morgan fingerprint density at radius 2 is 1.81 bits per heavy atom. The molecule has 0 fully saturated rings. The van der Waals surface area contributed by atoms with E-state index < -0.39 is 0 Å². The van der Waals surface area contributed by atoms with Gasteiger partial charge in [-0.15, -0.1) is 16.8 Å². The highest BCUT2D eigenvalue weighted by molar-refractivity contribution is 7.99. The molecule has 0 saturated heterocycles. The first-order chi connectivity index (χ1) is 15.4. The van der Waals surface area contributed by atoms with Crippen molar-refractivity contribution >= 4 is 35.0 Å². The molecule has 0 aliphatic rings. The molecular formula is C24H27N5O2S. The van der Waals surface area contributed by atoms with Crippen molar-refractivity contribution in [3.63, 3.8) is 0 Å². The Morgan fingerprint density at radius 1 is 1.03 bits per heavy atom. The summed E-state index contributed by atoms with van der Waals surface area (Å²) in [6.07, 6.45) is 1.79. The largest absolute Gasteiger partial charge is 0.326 e. The molecule has 0 bridgehead atoms. The summed E-state index contributed by atoms with van der Waals surface area (Å²) in [6, 6.07) is 13.5. The number of thioether (sulfide) groups is 1. The lowest BCUT2D eigenvalue weighted by Gasteiger charge is -2.10. The van der Waals surface area contributed by atoms with Crippen LogP contribution in [0.2, 0.25) is 0 Å². The molecule has 8 heteroatoms. The Bertz CT molecular complexity index is 1140. The molecule has 0 unspecified atom stereocenters. The second-order valence-electron chi connectivity index (χ2n) is 7.55. The predicted octanol–water partition coefficient (Wildman–Crippen LogP) is 4.30. The van der Waals surface area contributed by atoms with E-state index >= 15 is 0 Å². The third-order valence-corrected chi connectivity index (χ3v) is 5.69. The lowest BCUT2D eigenvalue weighted by Crippen LogP contribution is -2.18. The number of benzene rings is 2. The topological polar surface area (TPSA) is 88.9 Å². The quantitative estimate of drug-likeness (QED) is 0.376. The SMILES string of the molecule is C=CCn1c(CC(=O)Nc2cccc(C)c2)nnc1SCC(=O)Nc1cc(C)ccc1C. The van der Waals surface area contributed by atoms with Crippen molar-refractivity contribution in [1.82, 2.24) is 14.8 Å². The van der Waals surface area contributed by atoms with E-state index in [1.165, 1.54) is 11.8 Å². The molecule has 2 amide bonds. The highest BCUT2D eigenvalue weighted by Crippen LogP contribution is 2.20. The van der Waals surface area contributed by atoms with E-state index in [1.807, 2.05) is 63.2 Å². The van der Waals surface area contributed by atoms with Gasteiger partial charge in [-0.3, -0.25) is 9.59 Å². The summed E-state index contributed by atoms with van der Waals surface area (Å²) in [7, 11) is 0. The van der Waals surface area contributed by atoms with E-state index in [1.54, 1.807) is 10.6 Å². The van der Waals surface area contributed by atoms with E-state index in [0.717, 1.165) is 28.1 Å². The van der Waals surface area contributed by atoms with Crippen LogP contribution in [0.25, 0.3) is 0 Å². The number of carbonyl (C=O) groups excluding carboxylic acids is 2. The van der Waals surface area contributed by atoms with Crippen molar-refractivity contribution < 1.29 is 9.59 Å². The summed E-state index contributed by atoms with van der Waals surface area (Å²) in [5, 5.41) is 14.8. The minimum Gasteiger partial charge on any atom is -0.326 e. The van der Waals surface area contributed by atoms with E-state index in [2.05, 4.69) is 27.4 Å². The van der Waals surface area contributed by atoms with Crippen LogP contribution in [0.15, 0.2) is 60.3 Å². The van der Waals surface area contributed by atoms with Gasteiger partial charge in [-0.1, -0.05) is 42.1 Å². The molecular weight excluding hydrogens is 422 g/mol.